The molecule has 0 fully saturated rings. The number of imidazole rings is 1. The number of aromatic nitrogens is 2. The highest BCUT2D eigenvalue weighted by Gasteiger charge is 2.14. The quantitative estimate of drug-likeness (QED) is 0.319. The summed E-state index contributed by atoms with van der Waals surface area (Å²) in [5, 5.41) is 9.39. The van der Waals surface area contributed by atoms with Crippen LogP contribution < -0.4 is 11.2 Å². The molecular formula is C14H11BrFN5O. The second kappa shape index (κ2) is 5.74. The van der Waals surface area contributed by atoms with Crippen LogP contribution in [0.4, 0.5) is 16.0 Å². The van der Waals surface area contributed by atoms with Crippen molar-refractivity contribution in [3.8, 4) is 0 Å². The maximum Gasteiger partial charge on any atom is 0.198 e. The molecule has 112 valence electrons. The van der Waals surface area contributed by atoms with E-state index in [0.717, 1.165) is 4.47 Å². The number of nitrogens with zero attached hydrogens (tertiary/aromatic N) is 2. The third-order valence-corrected chi connectivity index (χ3v) is 3.52. The van der Waals surface area contributed by atoms with E-state index in [9.17, 15) is 9.60 Å². The smallest absolute Gasteiger partial charge is 0.198 e. The zero-order chi connectivity index (χ0) is 15.7. The van der Waals surface area contributed by atoms with Gasteiger partial charge in [0.1, 0.15) is 5.52 Å². The third kappa shape index (κ3) is 2.66. The Bertz CT molecular complexity index is 877. The lowest BCUT2D eigenvalue weighted by molar-refractivity contribution is 0.235. The van der Waals surface area contributed by atoms with E-state index in [1.165, 1.54) is 12.1 Å². The van der Waals surface area contributed by atoms with E-state index >= 15 is 0 Å². The van der Waals surface area contributed by atoms with Gasteiger partial charge >= 0.3 is 0 Å². The minimum Gasteiger partial charge on any atom is -0.369 e. The number of nitrogens with two attached hydrogens (primary N) is 1. The molecule has 22 heavy (non-hydrogen) atoms. The molecule has 2 aromatic carbocycles. The summed E-state index contributed by atoms with van der Waals surface area (Å²) in [6, 6.07) is 9.94. The number of nitrogens with one attached hydrogen (secondary N) is 2. The molecule has 0 bridgehead atoms. The Morgan fingerprint density at radius 3 is 2.91 bits per heavy atom. The first-order valence-electron chi connectivity index (χ1n) is 6.27. The van der Waals surface area contributed by atoms with Crippen LogP contribution in [0.1, 0.15) is 5.56 Å². The topological polar surface area (TPSA) is 99.3 Å². The van der Waals surface area contributed by atoms with Crippen molar-refractivity contribution in [1.29, 1.82) is 0 Å². The molecule has 0 aliphatic rings. The van der Waals surface area contributed by atoms with Gasteiger partial charge in [0, 0.05) is 10.0 Å². The monoisotopic (exact) mass is 363 g/mol. The number of anilines is 1. The first-order chi connectivity index (χ1) is 10.6. The Morgan fingerprint density at radius 2 is 2.18 bits per heavy atom. The molecule has 0 spiro atoms. The number of H-pyrrole nitrogens is 1. The third-order valence-electron chi connectivity index (χ3n) is 3.02. The Balaban J connectivity index is 2.17. The summed E-state index contributed by atoms with van der Waals surface area (Å²) in [6.07, 6.45) is 0. The van der Waals surface area contributed by atoms with Crippen LogP contribution in [0.2, 0.25) is 0 Å². The number of hydrogen-bond acceptors (Lipinski definition) is 4. The minimum absolute atomic E-state index is 0.0843. The van der Waals surface area contributed by atoms with Gasteiger partial charge in [0.05, 0.1) is 11.2 Å². The number of aromatic amines is 1. The lowest BCUT2D eigenvalue weighted by Crippen LogP contribution is -2.20. The number of fused-ring (bicyclic) bond motifs is 1. The summed E-state index contributed by atoms with van der Waals surface area (Å²) in [6.45, 7) is 0. The molecule has 8 heteroatoms. The number of hydrogen-bond donors (Lipinski definition) is 4. The largest absolute Gasteiger partial charge is 0.369 e. The Labute approximate surface area is 133 Å². The van der Waals surface area contributed by atoms with Crippen molar-refractivity contribution < 1.29 is 9.60 Å². The van der Waals surface area contributed by atoms with Crippen molar-refractivity contribution in [1.82, 2.24) is 15.4 Å². The van der Waals surface area contributed by atoms with Crippen molar-refractivity contribution in [3.63, 3.8) is 0 Å². The fraction of sp³-hybridized carbons (Fsp3) is 0. The average Bonchev–Trinajstić information content (AvgIpc) is 2.88. The second-order valence-corrected chi connectivity index (χ2v) is 5.41. The van der Waals surface area contributed by atoms with Crippen LogP contribution in [0.25, 0.3) is 11.0 Å². The average molecular weight is 364 g/mol. The molecule has 1 heterocycles. The normalized spacial score (nSPS) is 11.9. The highest BCUT2D eigenvalue weighted by atomic mass is 79.9. The summed E-state index contributed by atoms with van der Waals surface area (Å²) >= 11 is 3.35. The predicted octanol–water partition coefficient (Wildman–Crippen LogP) is 3.10. The number of amidine groups is 1. The number of halogens is 2. The predicted molar refractivity (Wildman–Crippen MR) is 85.7 cm³/mol. The number of rotatable bonds is 2. The molecule has 0 unspecified atom stereocenters. The summed E-state index contributed by atoms with van der Waals surface area (Å²) in [5.74, 6) is -0.278. The van der Waals surface area contributed by atoms with Crippen LogP contribution in [-0.4, -0.2) is 21.0 Å². The van der Waals surface area contributed by atoms with Crippen molar-refractivity contribution in [2.75, 3.05) is 5.73 Å². The summed E-state index contributed by atoms with van der Waals surface area (Å²) in [4.78, 5) is 11.0. The lowest BCUT2D eigenvalue weighted by atomic mass is 10.1. The molecule has 0 saturated heterocycles. The van der Waals surface area contributed by atoms with Crippen LogP contribution in [0, 0.1) is 5.82 Å². The van der Waals surface area contributed by atoms with Gasteiger partial charge < -0.3 is 10.7 Å². The van der Waals surface area contributed by atoms with Crippen LogP contribution in [-0.2, 0) is 0 Å². The fourth-order valence-electron chi connectivity index (χ4n) is 2.10. The van der Waals surface area contributed by atoms with E-state index in [-0.39, 0.29) is 17.3 Å². The summed E-state index contributed by atoms with van der Waals surface area (Å²) in [7, 11) is 0. The van der Waals surface area contributed by atoms with Crippen LogP contribution in [0.3, 0.4) is 0 Å². The molecule has 5 N–H and O–H groups in total. The number of hydroxylamine groups is 1. The van der Waals surface area contributed by atoms with Gasteiger partial charge in [0.25, 0.3) is 0 Å². The van der Waals surface area contributed by atoms with Gasteiger partial charge in [0.2, 0.25) is 0 Å². The zero-order valence-corrected chi connectivity index (χ0v) is 12.7. The highest BCUT2D eigenvalue weighted by Crippen LogP contribution is 2.23. The van der Waals surface area contributed by atoms with E-state index in [0.29, 0.717) is 16.8 Å². The number of benzene rings is 2. The number of nitrogen functional groups attached to an aromatic ring is 1. The molecule has 0 radical (unpaired) electrons. The highest BCUT2D eigenvalue weighted by molar-refractivity contribution is 9.10. The molecule has 0 atom stereocenters. The molecule has 1 aromatic heterocycles. The lowest BCUT2D eigenvalue weighted by Gasteiger charge is -2.07. The van der Waals surface area contributed by atoms with Crippen molar-refractivity contribution in [3.05, 3.63) is 52.3 Å². The second-order valence-electron chi connectivity index (χ2n) is 4.49. The maximum atomic E-state index is 13.8. The molecule has 0 aliphatic carbocycles. The van der Waals surface area contributed by atoms with Crippen molar-refractivity contribution >= 4 is 44.4 Å². The molecule has 6 nitrogen and oxygen atoms in total. The fourth-order valence-corrected chi connectivity index (χ4v) is 2.48. The number of aliphatic imine (C=N–C) groups is 1. The van der Waals surface area contributed by atoms with E-state index < -0.39 is 5.82 Å². The Kier molecular flexibility index (Phi) is 3.78. The van der Waals surface area contributed by atoms with Gasteiger partial charge in [-0.1, -0.05) is 22.0 Å². The van der Waals surface area contributed by atoms with E-state index in [1.54, 1.807) is 12.1 Å². The van der Waals surface area contributed by atoms with Gasteiger partial charge in [-0.3, -0.25) is 10.7 Å². The summed E-state index contributed by atoms with van der Waals surface area (Å²) < 4.78 is 14.6. The first kappa shape index (κ1) is 14.5. The van der Waals surface area contributed by atoms with E-state index in [4.69, 9.17) is 5.73 Å². The maximum absolute atomic E-state index is 13.8. The first-order valence-corrected chi connectivity index (χ1v) is 7.06. The van der Waals surface area contributed by atoms with Crippen LogP contribution in [0.5, 0.6) is 0 Å². The van der Waals surface area contributed by atoms with E-state index in [1.807, 2.05) is 17.6 Å². The van der Waals surface area contributed by atoms with Gasteiger partial charge in [-0.2, -0.15) is 0 Å². The molecule has 3 rings (SSSR count). The zero-order valence-electron chi connectivity index (χ0n) is 11.1. The van der Waals surface area contributed by atoms with Crippen molar-refractivity contribution in [2.45, 2.75) is 0 Å². The Hall–Kier alpha value is -2.45. The summed E-state index contributed by atoms with van der Waals surface area (Å²) in [5.41, 5.74) is 9.11. The molecule has 0 aliphatic heterocycles. The molecule has 3 aromatic rings. The standard InChI is InChI=1S/C14H11BrFN5O/c15-7-2-1-3-8(6-7)18-13(21-22)9-4-5-10(16)12-11(9)19-14(17)20-12/h1-6,22H,(H,18,21)(H3,17,19,20). The van der Waals surface area contributed by atoms with Gasteiger partial charge in [0.15, 0.2) is 17.6 Å². The van der Waals surface area contributed by atoms with Gasteiger partial charge in [-0.05, 0) is 30.3 Å². The van der Waals surface area contributed by atoms with Gasteiger partial charge in [-0.25, -0.2) is 14.4 Å². The Morgan fingerprint density at radius 1 is 1.36 bits per heavy atom. The van der Waals surface area contributed by atoms with Crippen LogP contribution >= 0.6 is 15.9 Å². The van der Waals surface area contributed by atoms with E-state index in [2.05, 4.69) is 30.9 Å². The molecular weight excluding hydrogens is 353 g/mol. The van der Waals surface area contributed by atoms with Gasteiger partial charge in [-0.15, -0.1) is 0 Å². The van der Waals surface area contributed by atoms with Crippen LogP contribution in [0.15, 0.2) is 45.9 Å². The SMILES string of the molecule is Nc1nc2c(F)ccc(C(=Nc3cccc(Br)c3)NO)c2[nH]1. The molecule has 0 amide bonds. The van der Waals surface area contributed by atoms with Crippen molar-refractivity contribution in [2.24, 2.45) is 4.99 Å². The minimum atomic E-state index is -0.508. The molecule has 0 saturated carbocycles.